The number of hydrogen-bond acceptors (Lipinski definition) is 1. The molecule has 0 aliphatic heterocycles. The number of rotatable bonds is 1. The van der Waals surface area contributed by atoms with Crippen LogP contribution in [-0.2, 0) is 0 Å². The molecule has 0 bridgehead atoms. The van der Waals surface area contributed by atoms with Crippen molar-refractivity contribution in [2.45, 2.75) is 0 Å². The molecule has 2 rings (SSSR count). The van der Waals surface area contributed by atoms with E-state index in [-0.39, 0.29) is 0 Å². The molecular formula is C12H9IO. The van der Waals surface area contributed by atoms with Crippen molar-refractivity contribution in [1.82, 2.24) is 0 Å². The molecule has 0 aromatic heterocycles. The monoisotopic (exact) mass is 296 g/mol. The molecule has 0 spiro atoms. The lowest BCUT2D eigenvalue weighted by Gasteiger charge is -2.04. The lowest BCUT2D eigenvalue weighted by molar-refractivity contribution is 0.509. The van der Waals surface area contributed by atoms with Crippen molar-refractivity contribution in [3.05, 3.63) is 63.3 Å². The number of allylic oxidation sites excluding steroid dienone is 5. The Morgan fingerprint density at radius 3 is 2.36 bits per heavy atom. The number of aliphatic hydroxyl groups is 1. The van der Waals surface area contributed by atoms with Crippen molar-refractivity contribution in [2.75, 3.05) is 0 Å². The van der Waals surface area contributed by atoms with Crippen molar-refractivity contribution in [1.29, 1.82) is 0 Å². The smallest absolute Gasteiger partial charge is 0.131 e. The van der Waals surface area contributed by atoms with Crippen LogP contribution in [-0.4, -0.2) is 5.11 Å². The molecule has 0 atom stereocenters. The molecule has 1 aliphatic carbocycles. The molecule has 1 aromatic rings. The summed E-state index contributed by atoms with van der Waals surface area (Å²) in [4.78, 5) is 0. The molecule has 1 aliphatic rings. The molecule has 0 saturated heterocycles. The van der Waals surface area contributed by atoms with Gasteiger partial charge in [-0.05, 0) is 28.7 Å². The van der Waals surface area contributed by atoms with Crippen molar-refractivity contribution >= 4 is 28.4 Å². The average molecular weight is 296 g/mol. The number of aliphatic hydroxyl groups excluding tert-OH is 1. The van der Waals surface area contributed by atoms with Crippen molar-refractivity contribution in [2.24, 2.45) is 0 Å². The number of benzene rings is 1. The second kappa shape index (κ2) is 4.00. The van der Waals surface area contributed by atoms with Crippen LogP contribution in [0.1, 0.15) is 5.56 Å². The first-order chi connectivity index (χ1) is 6.79. The van der Waals surface area contributed by atoms with Crippen LogP contribution < -0.4 is 0 Å². The molecule has 0 heterocycles. The summed E-state index contributed by atoms with van der Waals surface area (Å²) in [6, 6.07) is 7.79. The van der Waals surface area contributed by atoms with Gasteiger partial charge < -0.3 is 5.11 Å². The molecule has 0 amide bonds. The van der Waals surface area contributed by atoms with E-state index < -0.39 is 0 Å². The average Bonchev–Trinajstić information content (AvgIpc) is 2.70. The van der Waals surface area contributed by atoms with Gasteiger partial charge in [0.05, 0.1) is 0 Å². The van der Waals surface area contributed by atoms with Crippen molar-refractivity contribution in [3.8, 4) is 0 Å². The Bertz CT molecular complexity index is 427. The van der Waals surface area contributed by atoms with Crippen LogP contribution >= 0.6 is 22.6 Å². The fourth-order valence-electron chi connectivity index (χ4n) is 1.34. The first-order valence-electron chi connectivity index (χ1n) is 4.32. The SMILES string of the molecule is OC(=C1C=CC=C1)c1ccccc1I. The van der Waals surface area contributed by atoms with E-state index in [9.17, 15) is 5.11 Å². The molecule has 1 N–H and O–H groups in total. The summed E-state index contributed by atoms with van der Waals surface area (Å²) in [6.45, 7) is 0. The van der Waals surface area contributed by atoms with Crippen LogP contribution in [0, 0.1) is 3.57 Å². The van der Waals surface area contributed by atoms with Gasteiger partial charge in [0.2, 0.25) is 0 Å². The second-order valence-electron chi connectivity index (χ2n) is 3.00. The Labute approximate surface area is 96.6 Å². The summed E-state index contributed by atoms with van der Waals surface area (Å²) < 4.78 is 1.06. The normalized spacial score (nSPS) is 13.6. The van der Waals surface area contributed by atoms with Gasteiger partial charge in [0.1, 0.15) is 5.76 Å². The van der Waals surface area contributed by atoms with E-state index in [1.807, 2.05) is 48.6 Å². The second-order valence-corrected chi connectivity index (χ2v) is 4.16. The van der Waals surface area contributed by atoms with E-state index in [1.165, 1.54) is 0 Å². The maximum absolute atomic E-state index is 9.97. The third-order valence-corrected chi connectivity index (χ3v) is 3.01. The molecule has 2 heteroatoms. The summed E-state index contributed by atoms with van der Waals surface area (Å²) in [6.07, 6.45) is 7.64. The van der Waals surface area contributed by atoms with Crippen LogP contribution in [0.15, 0.2) is 54.1 Å². The van der Waals surface area contributed by atoms with Crippen LogP contribution in [0.25, 0.3) is 5.76 Å². The Balaban J connectivity index is 2.51. The summed E-state index contributed by atoms with van der Waals surface area (Å²) in [5, 5.41) is 9.97. The highest BCUT2D eigenvalue weighted by Gasteiger charge is 2.07. The highest BCUT2D eigenvalue weighted by molar-refractivity contribution is 14.1. The van der Waals surface area contributed by atoms with Crippen molar-refractivity contribution in [3.63, 3.8) is 0 Å². The Morgan fingerprint density at radius 1 is 1.07 bits per heavy atom. The maximum atomic E-state index is 9.97. The van der Waals surface area contributed by atoms with Crippen LogP contribution in [0.5, 0.6) is 0 Å². The molecule has 0 saturated carbocycles. The highest BCUT2D eigenvalue weighted by atomic mass is 127. The van der Waals surface area contributed by atoms with Gasteiger partial charge in [0, 0.05) is 14.7 Å². The van der Waals surface area contributed by atoms with Gasteiger partial charge in [-0.25, -0.2) is 0 Å². The summed E-state index contributed by atoms with van der Waals surface area (Å²) in [7, 11) is 0. The van der Waals surface area contributed by atoms with E-state index in [1.54, 1.807) is 0 Å². The predicted octanol–water partition coefficient (Wildman–Crippen LogP) is 3.69. The summed E-state index contributed by atoms with van der Waals surface area (Å²) in [5.41, 5.74) is 1.76. The first kappa shape index (κ1) is 9.52. The fourth-order valence-corrected chi connectivity index (χ4v) is 1.98. The van der Waals surface area contributed by atoms with Crippen LogP contribution in [0.4, 0.5) is 0 Å². The van der Waals surface area contributed by atoms with E-state index >= 15 is 0 Å². The minimum Gasteiger partial charge on any atom is -0.507 e. The third-order valence-electron chi connectivity index (χ3n) is 2.07. The standard InChI is InChI=1S/C12H9IO/c13-11-8-4-3-7-10(11)12(14)9-5-1-2-6-9/h1-8,14H. The van der Waals surface area contributed by atoms with Gasteiger partial charge in [-0.3, -0.25) is 0 Å². The minimum atomic E-state index is 0.347. The molecule has 0 fully saturated rings. The lowest BCUT2D eigenvalue weighted by atomic mass is 10.1. The zero-order chi connectivity index (χ0) is 9.97. The molecule has 1 aromatic carbocycles. The van der Waals surface area contributed by atoms with Crippen LogP contribution in [0.3, 0.4) is 0 Å². The van der Waals surface area contributed by atoms with Gasteiger partial charge in [-0.15, -0.1) is 0 Å². The third kappa shape index (κ3) is 1.75. The van der Waals surface area contributed by atoms with Crippen molar-refractivity contribution < 1.29 is 5.11 Å². The molecule has 1 nitrogen and oxygen atoms in total. The first-order valence-corrected chi connectivity index (χ1v) is 5.40. The van der Waals surface area contributed by atoms with E-state index in [2.05, 4.69) is 22.6 Å². The van der Waals surface area contributed by atoms with Gasteiger partial charge >= 0.3 is 0 Å². The van der Waals surface area contributed by atoms with E-state index in [0.717, 1.165) is 14.7 Å². The predicted molar refractivity (Wildman–Crippen MR) is 67.0 cm³/mol. The topological polar surface area (TPSA) is 20.2 Å². The summed E-state index contributed by atoms with van der Waals surface area (Å²) >= 11 is 2.22. The molecular weight excluding hydrogens is 287 g/mol. The van der Waals surface area contributed by atoms with Gasteiger partial charge in [-0.1, -0.05) is 42.5 Å². The zero-order valence-electron chi connectivity index (χ0n) is 7.44. The number of hydrogen-bond donors (Lipinski definition) is 1. The van der Waals surface area contributed by atoms with Gasteiger partial charge in [0.15, 0.2) is 0 Å². The molecule has 70 valence electrons. The molecule has 0 radical (unpaired) electrons. The Hall–Kier alpha value is -1.03. The summed E-state index contributed by atoms with van der Waals surface area (Å²) in [5.74, 6) is 0.347. The Kier molecular flexibility index (Phi) is 2.72. The number of halogens is 1. The Morgan fingerprint density at radius 2 is 1.71 bits per heavy atom. The fraction of sp³-hybridized carbons (Fsp3) is 0. The van der Waals surface area contributed by atoms with E-state index in [0.29, 0.717) is 5.76 Å². The highest BCUT2D eigenvalue weighted by Crippen LogP contribution is 2.24. The van der Waals surface area contributed by atoms with E-state index in [4.69, 9.17) is 0 Å². The van der Waals surface area contributed by atoms with Gasteiger partial charge in [0.25, 0.3) is 0 Å². The lowest BCUT2D eigenvalue weighted by Crippen LogP contribution is -1.89. The largest absolute Gasteiger partial charge is 0.507 e. The van der Waals surface area contributed by atoms with Gasteiger partial charge in [-0.2, -0.15) is 0 Å². The van der Waals surface area contributed by atoms with Crippen LogP contribution in [0.2, 0.25) is 0 Å². The molecule has 14 heavy (non-hydrogen) atoms. The zero-order valence-corrected chi connectivity index (χ0v) is 9.60. The maximum Gasteiger partial charge on any atom is 0.131 e. The molecule has 0 unspecified atom stereocenters. The minimum absolute atomic E-state index is 0.347. The quantitative estimate of drug-likeness (QED) is 0.619.